The highest BCUT2D eigenvalue weighted by Crippen LogP contribution is 2.32. The van der Waals surface area contributed by atoms with Crippen molar-refractivity contribution in [3.63, 3.8) is 0 Å². The predicted octanol–water partition coefficient (Wildman–Crippen LogP) is 6.30. The molecule has 6 heteroatoms. The minimum Gasteiger partial charge on any atom is -0.489 e. The van der Waals surface area contributed by atoms with Gasteiger partial charge in [0, 0.05) is 12.2 Å². The molecule has 2 fully saturated rings. The highest BCUT2D eigenvalue weighted by Gasteiger charge is 2.30. The number of hydrogen-bond donors (Lipinski definition) is 0. The van der Waals surface area contributed by atoms with Crippen LogP contribution < -0.4 is 4.74 Å². The molecule has 0 radical (unpaired) electrons. The van der Waals surface area contributed by atoms with Gasteiger partial charge in [-0.25, -0.2) is 4.98 Å². The quantitative estimate of drug-likeness (QED) is 0.412. The molecule has 190 valence electrons. The van der Waals surface area contributed by atoms with Gasteiger partial charge in [-0.05, 0) is 95.9 Å². The molecule has 2 aromatic rings. The van der Waals surface area contributed by atoms with Crippen molar-refractivity contribution in [1.29, 1.82) is 0 Å². The van der Waals surface area contributed by atoms with Crippen LogP contribution in [0.2, 0.25) is 0 Å². The number of nitrogens with zero attached hydrogens (tertiary/aromatic N) is 1. The third-order valence-electron chi connectivity index (χ3n) is 6.88. The van der Waals surface area contributed by atoms with Gasteiger partial charge in [0.25, 0.3) is 0 Å². The summed E-state index contributed by atoms with van der Waals surface area (Å²) in [4.78, 5) is 17.3. The molecule has 0 bridgehead atoms. The third kappa shape index (κ3) is 6.83. The second-order valence-electron chi connectivity index (χ2n) is 10.1. The predicted molar refractivity (Wildman–Crippen MR) is 135 cm³/mol. The number of aryl methyl sites for hydroxylation is 2. The van der Waals surface area contributed by atoms with Crippen LogP contribution in [0, 0.1) is 19.8 Å². The number of carbonyl (C=O) groups excluding carboxylic acids is 1. The maximum Gasteiger partial charge on any atom is 0.309 e. The Kier molecular flexibility index (Phi) is 8.79. The van der Waals surface area contributed by atoms with E-state index in [9.17, 15) is 4.79 Å². The minimum absolute atomic E-state index is 0.00163. The number of benzene rings is 1. The Hall–Kier alpha value is -2.44. The highest BCUT2D eigenvalue weighted by molar-refractivity contribution is 5.72. The lowest BCUT2D eigenvalue weighted by Crippen LogP contribution is -2.31. The largest absolute Gasteiger partial charge is 0.489 e. The van der Waals surface area contributed by atoms with Gasteiger partial charge in [-0.2, -0.15) is 0 Å². The number of ether oxygens (including phenoxy) is 4. The fourth-order valence-corrected chi connectivity index (χ4v) is 4.95. The zero-order valence-corrected chi connectivity index (χ0v) is 21.5. The van der Waals surface area contributed by atoms with Gasteiger partial charge in [0.1, 0.15) is 5.75 Å². The maximum absolute atomic E-state index is 12.4. The second kappa shape index (κ2) is 12.0. The van der Waals surface area contributed by atoms with Gasteiger partial charge in [0.2, 0.25) is 0 Å². The Morgan fingerprint density at radius 3 is 2.69 bits per heavy atom. The highest BCUT2D eigenvalue weighted by atomic mass is 16.7. The van der Waals surface area contributed by atoms with Crippen LogP contribution in [-0.2, 0) is 25.6 Å². The van der Waals surface area contributed by atoms with Crippen molar-refractivity contribution in [3.8, 4) is 17.0 Å². The standard InChI is InChI=1S/C29H39NO5/c1-19(2)34-29(31)22-10-8-11-23(17-22)35-27-15-14-26(30-21(27)4)24-12-7-9-20(3)25(24)18-33-28-13-5-6-16-32-28/h7,9,12,14-15,19,22-23,28H,5-6,8,10-11,13,16-18H2,1-4H3/t22-,23-,28?/m0/s1. The van der Waals surface area contributed by atoms with Gasteiger partial charge in [-0.15, -0.1) is 0 Å². The van der Waals surface area contributed by atoms with Crippen molar-refractivity contribution < 1.29 is 23.7 Å². The van der Waals surface area contributed by atoms with E-state index < -0.39 is 0 Å². The molecule has 1 saturated heterocycles. The van der Waals surface area contributed by atoms with Crippen LogP contribution in [0.1, 0.15) is 75.6 Å². The first kappa shape index (κ1) is 25.6. The van der Waals surface area contributed by atoms with Gasteiger partial charge in [0.05, 0.1) is 36.1 Å². The molecule has 3 atom stereocenters. The van der Waals surface area contributed by atoms with Crippen molar-refractivity contribution in [1.82, 2.24) is 4.98 Å². The van der Waals surface area contributed by atoms with E-state index in [2.05, 4.69) is 25.1 Å². The van der Waals surface area contributed by atoms with Gasteiger partial charge < -0.3 is 18.9 Å². The Bertz CT molecular complexity index is 999. The molecular weight excluding hydrogens is 442 g/mol. The summed E-state index contributed by atoms with van der Waals surface area (Å²) < 4.78 is 23.6. The lowest BCUT2D eigenvalue weighted by atomic mass is 9.87. The van der Waals surface area contributed by atoms with Gasteiger partial charge in [0.15, 0.2) is 6.29 Å². The van der Waals surface area contributed by atoms with Crippen molar-refractivity contribution in [2.24, 2.45) is 5.92 Å². The van der Waals surface area contributed by atoms with Crippen LogP contribution in [0.25, 0.3) is 11.3 Å². The van der Waals surface area contributed by atoms with Crippen LogP contribution in [0.4, 0.5) is 0 Å². The number of carbonyl (C=O) groups is 1. The molecule has 6 nitrogen and oxygen atoms in total. The van der Waals surface area contributed by atoms with E-state index in [-0.39, 0.29) is 30.4 Å². The minimum atomic E-state index is -0.126. The van der Waals surface area contributed by atoms with Crippen LogP contribution in [0.3, 0.4) is 0 Å². The topological polar surface area (TPSA) is 66.9 Å². The number of rotatable bonds is 8. The molecule has 0 amide bonds. The molecule has 35 heavy (non-hydrogen) atoms. The fourth-order valence-electron chi connectivity index (χ4n) is 4.95. The van der Waals surface area contributed by atoms with Crippen LogP contribution in [0.15, 0.2) is 30.3 Å². The number of pyridine rings is 1. The Labute approximate surface area is 209 Å². The Morgan fingerprint density at radius 1 is 1.09 bits per heavy atom. The molecule has 1 saturated carbocycles. The van der Waals surface area contributed by atoms with Crippen molar-refractivity contribution in [3.05, 3.63) is 47.2 Å². The third-order valence-corrected chi connectivity index (χ3v) is 6.88. The van der Waals surface area contributed by atoms with E-state index in [0.717, 1.165) is 73.4 Å². The van der Waals surface area contributed by atoms with E-state index in [4.69, 9.17) is 23.9 Å². The van der Waals surface area contributed by atoms with Crippen LogP contribution in [-0.4, -0.2) is 36.1 Å². The molecule has 1 aliphatic carbocycles. The lowest BCUT2D eigenvalue weighted by molar-refractivity contribution is -0.168. The summed E-state index contributed by atoms with van der Waals surface area (Å²) in [7, 11) is 0. The average Bonchev–Trinajstić information content (AvgIpc) is 2.85. The Balaban J connectivity index is 1.44. The zero-order valence-electron chi connectivity index (χ0n) is 21.5. The zero-order chi connectivity index (χ0) is 24.8. The van der Waals surface area contributed by atoms with E-state index in [1.807, 2.05) is 32.9 Å². The molecule has 0 spiro atoms. The summed E-state index contributed by atoms with van der Waals surface area (Å²) in [5.74, 6) is 0.579. The molecule has 1 aliphatic heterocycles. The first-order chi connectivity index (χ1) is 16.9. The number of aromatic nitrogens is 1. The molecule has 4 rings (SSSR count). The lowest BCUT2D eigenvalue weighted by Gasteiger charge is -2.29. The van der Waals surface area contributed by atoms with Crippen molar-refractivity contribution >= 4 is 5.97 Å². The first-order valence-electron chi connectivity index (χ1n) is 13.1. The summed E-state index contributed by atoms with van der Waals surface area (Å²) in [6, 6.07) is 10.3. The fraction of sp³-hybridized carbons (Fsp3) is 0.586. The summed E-state index contributed by atoms with van der Waals surface area (Å²) in [5, 5.41) is 0. The second-order valence-corrected chi connectivity index (χ2v) is 10.1. The summed E-state index contributed by atoms with van der Waals surface area (Å²) in [6.45, 7) is 9.14. The Morgan fingerprint density at radius 2 is 1.94 bits per heavy atom. The smallest absolute Gasteiger partial charge is 0.309 e. The van der Waals surface area contributed by atoms with Crippen molar-refractivity contribution in [2.45, 2.75) is 97.7 Å². The van der Waals surface area contributed by atoms with E-state index in [0.29, 0.717) is 13.0 Å². The van der Waals surface area contributed by atoms with E-state index in [1.165, 1.54) is 5.56 Å². The van der Waals surface area contributed by atoms with E-state index in [1.54, 1.807) is 0 Å². The monoisotopic (exact) mass is 481 g/mol. The molecule has 0 N–H and O–H groups in total. The molecule has 2 heterocycles. The van der Waals surface area contributed by atoms with Crippen LogP contribution in [0.5, 0.6) is 5.75 Å². The van der Waals surface area contributed by atoms with Crippen molar-refractivity contribution in [2.75, 3.05) is 6.61 Å². The van der Waals surface area contributed by atoms with Gasteiger partial charge in [-0.3, -0.25) is 4.79 Å². The molecular formula is C29H39NO5. The number of hydrogen-bond acceptors (Lipinski definition) is 6. The first-order valence-corrected chi connectivity index (χ1v) is 13.1. The number of esters is 1. The SMILES string of the molecule is Cc1cccc(-c2ccc(O[C@H]3CCC[C@H](C(=O)OC(C)C)C3)c(C)n2)c1COC1CCCCO1. The summed E-state index contributed by atoms with van der Waals surface area (Å²) in [5.41, 5.74) is 5.15. The molecule has 1 aromatic heterocycles. The van der Waals surface area contributed by atoms with Gasteiger partial charge in [-0.1, -0.05) is 18.2 Å². The average molecular weight is 482 g/mol. The van der Waals surface area contributed by atoms with E-state index >= 15 is 0 Å². The summed E-state index contributed by atoms with van der Waals surface area (Å²) in [6.07, 6.45) is 6.44. The summed E-state index contributed by atoms with van der Waals surface area (Å²) >= 11 is 0. The molecule has 2 aliphatic rings. The molecule has 1 aromatic carbocycles. The van der Waals surface area contributed by atoms with Gasteiger partial charge >= 0.3 is 5.97 Å². The van der Waals surface area contributed by atoms with Crippen LogP contribution >= 0.6 is 0 Å². The molecule has 1 unspecified atom stereocenters. The maximum atomic E-state index is 12.4. The normalized spacial score (nSPS) is 22.7.